The molecule has 0 bridgehead atoms. The van der Waals surface area contributed by atoms with Crippen molar-refractivity contribution >= 4 is 45.2 Å². The molecule has 1 aliphatic heterocycles. The van der Waals surface area contributed by atoms with Crippen LogP contribution in [0.4, 0.5) is 17.3 Å². The molecule has 2 aliphatic rings. The number of carbonyl (C=O) groups is 1. The number of aliphatic hydroxyl groups is 1. The van der Waals surface area contributed by atoms with Crippen LogP contribution in [0.2, 0.25) is 0 Å². The molecule has 1 saturated carbocycles. The first-order valence-electron chi connectivity index (χ1n) is 13.0. The molecule has 0 unspecified atom stereocenters. The van der Waals surface area contributed by atoms with Crippen molar-refractivity contribution in [2.45, 2.75) is 50.2 Å². The molecule has 12 nitrogen and oxygen atoms in total. The Bertz CT molecular complexity index is 1680. The fourth-order valence-corrected chi connectivity index (χ4v) is 5.20. The number of aliphatic hydroxyl groups excluding tert-OH is 1. The molecular formula is C27H27N9O3. The molecule has 2 fully saturated rings. The molecule has 5 heterocycles. The zero-order valence-corrected chi connectivity index (χ0v) is 20.9. The summed E-state index contributed by atoms with van der Waals surface area (Å²) in [5, 5.41) is 23.0. The van der Waals surface area contributed by atoms with E-state index in [2.05, 4.69) is 25.7 Å². The van der Waals surface area contributed by atoms with Gasteiger partial charge in [0.1, 0.15) is 29.8 Å². The fraction of sp³-hybridized carbons (Fsp3) is 0.296. The lowest BCUT2D eigenvalue weighted by Crippen LogP contribution is -2.35. The van der Waals surface area contributed by atoms with E-state index in [9.17, 15) is 9.90 Å². The quantitative estimate of drug-likeness (QED) is 0.261. The van der Waals surface area contributed by atoms with Crippen LogP contribution in [0.3, 0.4) is 0 Å². The zero-order valence-electron chi connectivity index (χ0n) is 20.9. The number of hydrogen-bond donors (Lipinski definition) is 4. The maximum atomic E-state index is 13.2. The number of carbonyl (C=O) groups excluding carboxylic acids is 1. The van der Waals surface area contributed by atoms with Gasteiger partial charge < -0.3 is 30.8 Å². The summed E-state index contributed by atoms with van der Waals surface area (Å²) < 4.78 is 9.51. The number of aromatic nitrogens is 6. The standard InChI is InChI=1S/C27H27N9O3/c28-25-23-19(36-10-2-9-31-36)13-35(26(23)30-14-29-25)22-12-20(37)24(39-22)27(38)33-17-7-5-15-6-8-21(34-18(15)11-17)32-16-3-1-4-16/h2,5-11,13-14,16,20,22,24,37H,1,3-4,12H2,(H,32,34)(H,33,38)(H2,28,29,30)/t20-,22+,24-/m0/s1. The summed E-state index contributed by atoms with van der Waals surface area (Å²) >= 11 is 0. The van der Waals surface area contributed by atoms with Gasteiger partial charge in [0.25, 0.3) is 5.91 Å². The van der Waals surface area contributed by atoms with E-state index >= 15 is 0 Å². The molecule has 39 heavy (non-hydrogen) atoms. The molecule has 5 N–H and O–H groups in total. The molecule has 5 aromatic rings. The molecule has 0 spiro atoms. The van der Waals surface area contributed by atoms with Crippen LogP contribution in [0.15, 0.2) is 61.3 Å². The van der Waals surface area contributed by atoms with Gasteiger partial charge in [-0.1, -0.05) is 6.07 Å². The van der Waals surface area contributed by atoms with Crippen molar-refractivity contribution in [3.8, 4) is 5.69 Å². The number of pyridine rings is 1. The number of nitrogens with zero attached hydrogens (tertiary/aromatic N) is 6. The van der Waals surface area contributed by atoms with Gasteiger partial charge in [-0.05, 0) is 49.6 Å². The van der Waals surface area contributed by atoms with Crippen molar-refractivity contribution < 1.29 is 14.6 Å². The van der Waals surface area contributed by atoms with E-state index in [1.807, 2.05) is 30.3 Å². The lowest BCUT2D eigenvalue weighted by atomic mass is 9.93. The van der Waals surface area contributed by atoms with Crippen molar-refractivity contribution in [2.24, 2.45) is 0 Å². The van der Waals surface area contributed by atoms with Gasteiger partial charge in [0.15, 0.2) is 6.10 Å². The molecule has 0 radical (unpaired) electrons. The first-order chi connectivity index (χ1) is 19.0. The van der Waals surface area contributed by atoms with E-state index in [0.29, 0.717) is 34.3 Å². The number of nitrogen functional groups attached to an aromatic ring is 1. The predicted octanol–water partition coefficient (Wildman–Crippen LogP) is 3.00. The summed E-state index contributed by atoms with van der Waals surface area (Å²) in [6.07, 6.45) is 7.63. The van der Waals surface area contributed by atoms with Gasteiger partial charge in [0, 0.05) is 42.1 Å². The highest BCUT2D eigenvalue weighted by atomic mass is 16.5. The number of benzene rings is 1. The Kier molecular flexibility index (Phi) is 5.63. The zero-order chi connectivity index (χ0) is 26.5. The van der Waals surface area contributed by atoms with Gasteiger partial charge in [-0.15, -0.1) is 0 Å². The summed E-state index contributed by atoms with van der Waals surface area (Å²) in [5.41, 5.74) is 8.72. The monoisotopic (exact) mass is 525 g/mol. The van der Waals surface area contributed by atoms with Gasteiger partial charge in [0.05, 0.1) is 22.7 Å². The lowest BCUT2D eigenvalue weighted by molar-refractivity contribution is -0.132. The second kappa shape index (κ2) is 9.33. The summed E-state index contributed by atoms with van der Waals surface area (Å²) in [4.78, 5) is 26.4. The Labute approximate surface area is 222 Å². The van der Waals surface area contributed by atoms with E-state index in [1.165, 1.54) is 12.7 Å². The Morgan fingerprint density at radius 3 is 2.85 bits per heavy atom. The van der Waals surface area contributed by atoms with Gasteiger partial charge in [-0.2, -0.15) is 5.10 Å². The van der Waals surface area contributed by atoms with Crippen LogP contribution in [-0.4, -0.2) is 58.6 Å². The van der Waals surface area contributed by atoms with E-state index in [-0.39, 0.29) is 6.42 Å². The molecule has 1 amide bonds. The number of ether oxygens (including phenoxy) is 1. The van der Waals surface area contributed by atoms with Gasteiger partial charge >= 0.3 is 0 Å². The highest BCUT2D eigenvalue weighted by Gasteiger charge is 2.40. The van der Waals surface area contributed by atoms with E-state index in [0.717, 1.165) is 29.6 Å². The van der Waals surface area contributed by atoms with Crippen molar-refractivity contribution in [2.75, 3.05) is 16.4 Å². The van der Waals surface area contributed by atoms with Crippen molar-refractivity contribution in [3.05, 3.63) is 61.3 Å². The fourth-order valence-electron chi connectivity index (χ4n) is 5.20. The van der Waals surface area contributed by atoms with Gasteiger partial charge in [-0.25, -0.2) is 19.6 Å². The Morgan fingerprint density at radius 1 is 1.18 bits per heavy atom. The van der Waals surface area contributed by atoms with Crippen LogP contribution >= 0.6 is 0 Å². The number of nitrogens with one attached hydrogen (secondary N) is 2. The molecule has 7 rings (SSSR count). The smallest absolute Gasteiger partial charge is 0.256 e. The Morgan fingerprint density at radius 2 is 2.05 bits per heavy atom. The molecule has 3 atom stereocenters. The molecule has 198 valence electrons. The van der Waals surface area contributed by atoms with E-state index in [4.69, 9.17) is 15.5 Å². The summed E-state index contributed by atoms with van der Waals surface area (Å²) in [7, 11) is 0. The minimum atomic E-state index is -1.07. The van der Waals surface area contributed by atoms with Gasteiger partial charge in [-0.3, -0.25) is 4.79 Å². The van der Waals surface area contributed by atoms with E-state index < -0.39 is 24.3 Å². The minimum absolute atomic E-state index is 0.194. The number of fused-ring (bicyclic) bond motifs is 2. The highest BCUT2D eigenvalue weighted by molar-refractivity contribution is 5.97. The minimum Gasteiger partial charge on any atom is -0.390 e. The first kappa shape index (κ1) is 23.6. The number of amides is 1. The average Bonchev–Trinajstić information content (AvgIpc) is 3.65. The summed E-state index contributed by atoms with van der Waals surface area (Å²) in [5.74, 6) is 0.685. The van der Waals surface area contributed by atoms with Crippen LogP contribution in [0, 0.1) is 0 Å². The SMILES string of the molecule is Nc1ncnc2c1c(-n1cccn1)cn2[C@H]1C[C@H](O)[C@@H](C(=O)Nc2ccc3ccc(NC4CCC4)nc3c2)O1. The highest BCUT2D eigenvalue weighted by Crippen LogP contribution is 2.36. The maximum Gasteiger partial charge on any atom is 0.256 e. The Balaban J connectivity index is 1.12. The molecular weight excluding hydrogens is 498 g/mol. The third-order valence-corrected chi connectivity index (χ3v) is 7.45. The molecule has 4 aromatic heterocycles. The van der Waals surface area contributed by atoms with Crippen molar-refractivity contribution in [1.82, 2.24) is 29.3 Å². The van der Waals surface area contributed by atoms with Crippen LogP contribution in [-0.2, 0) is 9.53 Å². The van der Waals surface area contributed by atoms with Crippen LogP contribution < -0.4 is 16.4 Å². The number of hydrogen-bond acceptors (Lipinski definition) is 9. The molecule has 1 aliphatic carbocycles. The first-order valence-corrected chi connectivity index (χ1v) is 13.0. The molecule has 1 aromatic carbocycles. The van der Waals surface area contributed by atoms with Crippen molar-refractivity contribution in [3.63, 3.8) is 0 Å². The maximum absolute atomic E-state index is 13.2. The largest absolute Gasteiger partial charge is 0.390 e. The normalized spacial score (nSPS) is 21.3. The number of nitrogens with two attached hydrogens (primary N) is 1. The third kappa shape index (κ3) is 4.23. The van der Waals surface area contributed by atoms with Crippen LogP contribution in [0.1, 0.15) is 31.9 Å². The Hall–Kier alpha value is -4.55. The average molecular weight is 526 g/mol. The number of anilines is 3. The van der Waals surface area contributed by atoms with Gasteiger partial charge in [0.2, 0.25) is 0 Å². The second-order valence-electron chi connectivity index (χ2n) is 10.0. The van der Waals surface area contributed by atoms with E-state index in [1.54, 1.807) is 33.9 Å². The summed E-state index contributed by atoms with van der Waals surface area (Å²) in [6.45, 7) is 0. The molecule has 1 saturated heterocycles. The predicted molar refractivity (Wildman–Crippen MR) is 145 cm³/mol. The second-order valence-corrected chi connectivity index (χ2v) is 10.0. The summed E-state index contributed by atoms with van der Waals surface area (Å²) in [6, 6.07) is 11.8. The van der Waals surface area contributed by atoms with Crippen molar-refractivity contribution in [1.29, 1.82) is 0 Å². The molecule has 12 heteroatoms. The third-order valence-electron chi connectivity index (χ3n) is 7.45. The van der Waals surface area contributed by atoms with Crippen LogP contribution in [0.5, 0.6) is 0 Å². The lowest BCUT2D eigenvalue weighted by Gasteiger charge is -2.26. The number of rotatable bonds is 6. The van der Waals surface area contributed by atoms with Crippen LogP contribution in [0.25, 0.3) is 27.6 Å². The topological polar surface area (TPSA) is 158 Å².